The molecule has 1 saturated carbocycles. The average molecular weight is 470 g/mol. The van der Waals surface area contributed by atoms with E-state index in [-0.39, 0.29) is 30.3 Å². The molecule has 1 saturated heterocycles. The van der Waals surface area contributed by atoms with Gasteiger partial charge in [0, 0.05) is 18.5 Å². The minimum absolute atomic E-state index is 0.0202. The monoisotopic (exact) mass is 470 g/mol. The Hall–Kier alpha value is -1.69. The maximum atomic E-state index is 14.2. The maximum Gasteiger partial charge on any atom is 0.408 e. The van der Waals surface area contributed by atoms with E-state index in [0.717, 1.165) is 42.7 Å². The van der Waals surface area contributed by atoms with Crippen molar-refractivity contribution in [2.45, 2.75) is 68.0 Å². The molecule has 1 aliphatic carbocycles. The number of amidine groups is 1. The highest BCUT2D eigenvalue weighted by molar-refractivity contribution is 7.98. The van der Waals surface area contributed by atoms with Crippen LogP contribution in [0.2, 0.25) is 0 Å². The number of alkyl halides is 6. The maximum absolute atomic E-state index is 14.2. The zero-order valence-electron chi connectivity index (χ0n) is 16.4. The molecular formula is C19H21F7N4S. The number of hydrogen-bond donors (Lipinski definition) is 2. The van der Waals surface area contributed by atoms with Gasteiger partial charge in [0.25, 0.3) is 0 Å². The fourth-order valence-electron chi connectivity index (χ4n) is 3.91. The molecular weight excluding hydrogens is 449 g/mol. The Morgan fingerprint density at radius 3 is 2.48 bits per heavy atom. The Bertz CT molecular complexity index is 866. The second-order valence-corrected chi connectivity index (χ2v) is 9.00. The summed E-state index contributed by atoms with van der Waals surface area (Å²) < 4.78 is 97.6. The van der Waals surface area contributed by atoms with E-state index in [1.165, 1.54) is 6.07 Å². The van der Waals surface area contributed by atoms with Gasteiger partial charge in [0.05, 0.1) is 10.6 Å². The number of nitrogens with zero attached hydrogens (tertiary/aromatic N) is 2. The van der Waals surface area contributed by atoms with Crippen molar-refractivity contribution in [3.05, 3.63) is 17.9 Å². The number of aliphatic imine (C=N–C) groups is 1. The number of nitrogens with one attached hydrogen (secondary N) is 2. The minimum atomic E-state index is -4.70. The molecule has 0 amide bonds. The first-order valence-corrected chi connectivity index (χ1v) is 10.8. The van der Waals surface area contributed by atoms with E-state index in [1.54, 1.807) is 0 Å². The summed E-state index contributed by atoms with van der Waals surface area (Å²) in [7, 11) is 0. The van der Waals surface area contributed by atoms with Crippen molar-refractivity contribution in [3.63, 3.8) is 0 Å². The molecule has 4 nitrogen and oxygen atoms in total. The summed E-state index contributed by atoms with van der Waals surface area (Å²) in [5, 5.41) is 2.27. The van der Waals surface area contributed by atoms with Gasteiger partial charge in [-0.2, -0.15) is 26.3 Å². The first kappa shape index (κ1) is 22.5. The fourth-order valence-corrected chi connectivity index (χ4v) is 4.76. The Morgan fingerprint density at radius 1 is 1.16 bits per heavy atom. The lowest BCUT2D eigenvalue weighted by Crippen LogP contribution is -2.57. The second kappa shape index (κ2) is 8.02. The molecule has 4 rings (SSSR count). The number of halogens is 7. The van der Waals surface area contributed by atoms with Crippen LogP contribution in [-0.4, -0.2) is 42.9 Å². The van der Waals surface area contributed by atoms with Crippen molar-refractivity contribution < 1.29 is 30.7 Å². The van der Waals surface area contributed by atoms with Gasteiger partial charge in [0.1, 0.15) is 29.4 Å². The van der Waals surface area contributed by atoms with Crippen LogP contribution in [0.25, 0.3) is 0 Å². The molecule has 12 heteroatoms. The van der Waals surface area contributed by atoms with Crippen LogP contribution >= 0.6 is 11.9 Å². The van der Waals surface area contributed by atoms with E-state index in [9.17, 15) is 30.7 Å². The van der Waals surface area contributed by atoms with Crippen LogP contribution in [0.3, 0.4) is 0 Å². The van der Waals surface area contributed by atoms with Gasteiger partial charge >= 0.3 is 12.4 Å². The van der Waals surface area contributed by atoms with E-state index < -0.39 is 42.7 Å². The Balaban J connectivity index is 1.64. The number of rotatable bonds is 4. The summed E-state index contributed by atoms with van der Waals surface area (Å²) in [6, 6.07) is -2.70. The molecule has 3 aliphatic rings. The molecule has 1 aromatic rings. The third kappa shape index (κ3) is 4.89. The smallest absolute Gasteiger partial charge is 0.358 e. The molecule has 31 heavy (non-hydrogen) atoms. The molecule has 1 aromatic carbocycles. The fraction of sp³-hybridized carbons (Fsp3) is 0.632. The van der Waals surface area contributed by atoms with Crippen molar-refractivity contribution in [1.82, 2.24) is 10.0 Å². The first-order valence-electron chi connectivity index (χ1n) is 9.94. The number of hydrogen-bond acceptors (Lipinski definition) is 5. The van der Waals surface area contributed by atoms with Gasteiger partial charge in [-0.25, -0.2) is 9.38 Å². The topological polar surface area (TPSA) is 39.7 Å². The predicted molar refractivity (Wildman–Crippen MR) is 104 cm³/mol. The van der Waals surface area contributed by atoms with Crippen LogP contribution in [0.4, 0.5) is 42.1 Å². The van der Waals surface area contributed by atoms with E-state index in [0.29, 0.717) is 10.7 Å². The van der Waals surface area contributed by atoms with E-state index in [4.69, 9.17) is 0 Å². The van der Waals surface area contributed by atoms with Gasteiger partial charge in [0.2, 0.25) is 0 Å². The van der Waals surface area contributed by atoms with Crippen LogP contribution in [0, 0.1) is 11.7 Å². The largest absolute Gasteiger partial charge is 0.408 e. The van der Waals surface area contributed by atoms with Gasteiger partial charge in [-0.3, -0.25) is 0 Å². The zero-order valence-corrected chi connectivity index (χ0v) is 17.3. The first-order chi connectivity index (χ1) is 14.4. The van der Waals surface area contributed by atoms with Gasteiger partial charge < -0.3 is 14.9 Å². The second-order valence-electron chi connectivity index (χ2n) is 8.15. The summed E-state index contributed by atoms with van der Waals surface area (Å²) in [5.74, 6) is 0.181. The lowest BCUT2D eigenvalue weighted by molar-refractivity contribution is -0.162. The summed E-state index contributed by atoms with van der Waals surface area (Å²) in [4.78, 5) is 5.91. The lowest BCUT2D eigenvalue weighted by Gasteiger charge is -2.43. The third-order valence-electron chi connectivity index (χ3n) is 5.75. The standard InChI is InChI=1S/C19H21F7N4S/c1-9(18(21,22)23)27-12-4-5-30(15(8-12)19(24,25)26)13-6-11(20)7-14-16(13)28-17(29-31-14)10-2-3-10/h6-7,9-10,12,15,27H,2-5,8H2,1H3,(H,28,29)/t9-,12-,15+/m1/s1. The lowest BCUT2D eigenvalue weighted by atomic mass is 9.94. The number of fused-ring (bicyclic) bond motifs is 1. The van der Waals surface area contributed by atoms with Crippen molar-refractivity contribution in [1.29, 1.82) is 0 Å². The van der Waals surface area contributed by atoms with Crippen LogP contribution in [0.5, 0.6) is 0 Å². The molecule has 2 aliphatic heterocycles. The molecule has 0 aromatic heterocycles. The minimum Gasteiger partial charge on any atom is -0.358 e. The van der Waals surface area contributed by atoms with Crippen LogP contribution in [-0.2, 0) is 0 Å². The molecule has 2 heterocycles. The van der Waals surface area contributed by atoms with Gasteiger partial charge in [-0.1, -0.05) is 0 Å². The molecule has 2 fully saturated rings. The molecule has 0 spiro atoms. The Labute approximate surface area is 178 Å². The van der Waals surface area contributed by atoms with E-state index in [1.807, 2.05) is 0 Å². The summed E-state index contributed by atoms with van der Waals surface area (Å²) in [5.41, 5.74) is 0.295. The normalized spacial score (nSPS) is 25.5. The van der Waals surface area contributed by atoms with Gasteiger partial charge in [-0.15, -0.1) is 0 Å². The third-order valence-corrected chi connectivity index (χ3v) is 6.59. The van der Waals surface area contributed by atoms with E-state index >= 15 is 0 Å². The molecule has 0 unspecified atom stereocenters. The average Bonchev–Trinajstić information content (AvgIpc) is 3.51. The van der Waals surface area contributed by atoms with Crippen LogP contribution in [0.1, 0.15) is 32.6 Å². The molecule has 2 N–H and O–H groups in total. The zero-order chi connectivity index (χ0) is 22.6. The van der Waals surface area contributed by atoms with Crippen molar-refractivity contribution in [2.24, 2.45) is 10.9 Å². The van der Waals surface area contributed by atoms with Crippen LogP contribution < -0.4 is 14.9 Å². The molecule has 172 valence electrons. The van der Waals surface area contributed by atoms with Crippen molar-refractivity contribution >= 4 is 29.2 Å². The van der Waals surface area contributed by atoms with Gasteiger partial charge in [-0.05, 0) is 56.7 Å². The highest BCUT2D eigenvalue weighted by atomic mass is 32.2. The SMILES string of the molecule is C[C@@H](N[C@@H]1CCN(c2cc(F)cc3c2N=C(C2CC2)NS3)[C@H](C(F)(F)F)C1)C(F)(F)F. The Kier molecular flexibility index (Phi) is 5.82. The van der Waals surface area contributed by atoms with E-state index in [2.05, 4.69) is 15.0 Å². The highest BCUT2D eigenvalue weighted by Crippen LogP contribution is 2.46. The van der Waals surface area contributed by atoms with Crippen LogP contribution in [0.15, 0.2) is 22.0 Å². The van der Waals surface area contributed by atoms with Gasteiger partial charge in [0.15, 0.2) is 0 Å². The Morgan fingerprint density at radius 2 is 1.87 bits per heavy atom. The van der Waals surface area contributed by atoms with Crippen molar-refractivity contribution in [2.75, 3.05) is 11.4 Å². The predicted octanol–water partition coefficient (Wildman–Crippen LogP) is 5.32. The molecule has 0 bridgehead atoms. The van der Waals surface area contributed by atoms with Crippen molar-refractivity contribution in [3.8, 4) is 0 Å². The number of anilines is 1. The highest BCUT2D eigenvalue weighted by Gasteiger charge is 2.49. The number of benzene rings is 1. The number of piperidine rings is 1. The summed E-state index contributed by atoms with van der Waals surface area (Å²) in [6.07, 6.45) is -7.91. The molecule has 3 atom stereocenters. The molecule has 0 radical (unpaired) electrons. The summed E-state index contributed by atoms with van der Waals surface area (Å²) in [6.45, 7) is 0.713. The summed E-state index contributed by atoms with van der Waals surface area (Å²) >= 11 is 1.11. The quantitative estimate of drug-likeness (QED) is 0.462.